The van der Waals surface area contributed by atoms with Gasteiger partial charge in [0, 0.05) is 18.4 Å². The number of nitrogens with two attached hydrogens (primary N) is 1. The van der Waals surface area contributed by atoms with Crippen molar-refractivity contribution in [3.63, 3.8) is 0 Å². The molecule has 42 heavy (non-hydrogen) atoms. The summed E-state index contributed by atoms with van der Waals surface area (Å²) in [7, 11) is 1.27. The fraction of sp³-hybridized carbons (Fsp3) is 0.625. The zero-order valence-electron chi connectivity index (χ0n) is 26.1. The second-order valence-electron chi connectivity index (χ2n) is 12.2. The zero-order chi connectivity index (χ0) is 31.6. The number of hydrogen-bond donors (Lipinski definition) is 5. The van der Waals surface area contributed by atoms with E-state index in [1.54, 1.807) is 20.8 Å². The molecule has 0 spiro atoms. The van der Waals surface area contributed by atoms with E-state index in [-0.39, 0.29) is 47.9 Å². The van der Waals surface area contributed by atoms with E-state index >= 15 is 0 Å². The van der Waals surface area contributed by atoms with Crippen molar-refractivity contribution in [2.45, 2.75) is 97.5 Å². The summed E-state index contributed by atoms with van der Waals surface area (Å²) in [5.74, 6) is -2.73. The standard InChI is InChI=1S/C32H50N4O6/c1-18(2)27(31(40)36-28(19(3)4)32(41)42-7)35-26(37)17-24-14-13-23(21(6)34-30(39)20(5)33)16-25(29(24)38)15-22-11-9-8-10-12-22/h8-12,16,18-21,24-25,27-29,38H,13-15,17,33H2,1-7H3,(H,34,39)(H,35,37)(H,36,40)/t20-,21-,24?,25?,27-,28-,29?/m0/s1. The first-order valence-electron chi connectivity index (χ1n) is 14.9. The molecule has 0 aliphatic heterocycles. The third kappa shape index (κ3) is 10.2. The number of aliphatic hydroxyl groups is 1. The van der Waals surface area contributed by atoms with E-state index in [9.17, 15) is 24.3 Å². The number of nitrogens with one attached hydrogen (secondary N) is 3. The Morgan fingerprint density at radius 3 is 2.10 bits per heavy atom. The molecule has 1 aliphatic carbocycles. The first-order valence-corrected chi connectivity index (χ1v) is 14.9. The van der Waals surface area contributed by atoms with Crippen molar-refractivity contribution in [3.8, 4) is 0 Å². The molecular weight excluding hydrogens is 536 g/mol. The molecule has 1 aliphatic rings. The number of benzene rings is 1. The first kappa shape index (κ1) is 35.0. The van der Waals surface area contributed by atoms with Gasteiger partial charge in [0.1, 0.15) is 12.1 Å². The summed E-state index contributed by atoms with van der Waals surface area (Å²) < 4.78 is 4.83. The predicted octanol–water partition coefficient (Wildman–Crippen LogP) is 2.24. The molecule has 1 aromatic rings. The molecule has 0 saturated carbocycles. The van der Waals surface area contributed by atoms with Crippen LogP contribution in [-0.2, 0) is 30.3 Å². The van der Waals surface area contributed by atoms with Gasteiger partial charge in [0.15, 0.2) is 0 Å². The van der Waals surface area contributed by atoms with E-state index in [1.165, 1.54) is 7.11 Å². The van der Waals surface area contributed by atoms with Gasteiger partial charge in [-0.25, -0.2) is 4.79 Å². The second-order valence-corrected chi connectivity index (χ2v) is 12.2. The molecule has 0 aromatic heterocycles. The molecule has 10 heteroatoms. The van der Waals surface area contributed by atoms with E-state index in [1.807, 2.05) is 57.2 Å². The van der Waals surface area contributed by atoms with Gasteiger partial charge >= 0.3 is 5.97 Å². The molecule has 0 bridgehead atoms. The van der Waals surface area contributed by atoms with Crippen LogP contribution < -0.4 is 21.7 Å². The summed E-state index contributed by atoms with van der Waals surface area (Å²) in [6.45, 7) is 10.8. The molecule has 234 valence electrons. The van der Waals surface area contributed by atoms with E-state index < -0.39 is 36.1 Å². The summed E-state index contributed by atoms with van der Waals surface area (Å²) in [6.07, 6.45) is 2.92. The number of aliphatic hydroxyl groups excluding tert-OH is 1. The molecule has 0 fully saturated rings. The number of carbonyl (C=O) groups is 4. The van der Waals surface area contributed by atoms with Crippen LogP contribution in [-0.4, -0.2) is 66.2 Å². The first-order chi connectivity index (χ1) is 19.7. The lowest BCUT2D eigenvalue weighted by Gasteiger charge is -2.29. The number of amides is 3. The van der Waals surface area contributed by atoms with Crippen molar-refractivity contribution >= 4 is 23.7 Å². The summed E-state index contributed by atoms with van der Waals surface area (Å²) in [4.78, 5) is 50.9. The number of hydrogen-bond acceptors (Lipinski definition) is 7. The van der Waals surface area contributed by atoms with Gasteiger partial charge in [0.05, 0.1) is 19.3 Å². The van der Waals surface area contributed by atoms with Gasteiger partial charge in [-0.2, -0.15) is 0 Å². The SMILES string of the molecule is COC(=O)[C@@H](NC(=O)[C@@H](NC(=O)CC1CCC([C@H](C)NC(=O)[C@H](C)N)=CC(Cc2ccccc2)C1O)C(C)C)C(C)C. The average molecular weight is 587 g/mol. The van der Waals surface area contributed by atoms with E-state index in [2.05, 4.69) is 16.0 Å². The second kappa shape index (κ2) is 16.4. The Labute approximate surface area is 250 Å². The minimum atomic E-state index is -0.867. The maximum absolute atomic E-state index is 13.3. The highest BCUT2D eigenvalue weighted by atomic mass is 16.5. The van der Waals surface area contributed by atoms with Crippen molar-refractivity contribution in [2.24, 2.45) is 29.4 Å². The fourth-order valence-corrected chi connectivity index (χ4v) is 5.29. The van der Waals surface area contributed by atoms with Crippen molar-refractivity contribution in [1.29, 1.82) is 0 Å². The quantitative estimate of drug-likeness (QED) is 0.175. The Hall–Kier alpha value is -3.24. The highest BCUT2D eigenvalue weighted by Gasteiger charge is 2.35. The van der Waals surface area contributed by atoms with Gasteiger partial charge in [-0.3, -0.25) is 14.4 Å². The molecular formula is C32H50N4O6. The molecule has 2 rings (SSSR count). The Morgan fingerprint density at radius 1 is 0.929 bits per heavy atom. The molecule has 6 N–H and O–H groups in total. The van der Waals surface area contributed by atoms with Crippen molar-refractivity contribution in [1.82, 2.24) is 16.0 Å². The molecule has 0 radical (unpaired) electrons. The third-order valence-electron chi connectivity index (χ3n) is 7.93. The van der Waals surface area contributed by atoms with Crippen LogP contribution in [0.2, 0.25) is 0 Å². The minimum absolute atomic E-state index is 0.0231. The van der Waals surface area contributed by atoms with Gasteiger partial charge in [0.25, 0.3) is 0 Å². The van der Waals surface area contributed by atoms with Crippen molar-refractivity contribution in [2.75, 3.05) is 7.11 Å². The number of carbonyl (C=O) groups excluding carboxylic acids is 4. The van der Waals surface area contributed by atoms with Crippen LogP contribution in [0.15, 0.2) is 42.0 Å². The molecule has 7 atom stereocenters. The lowest BCUT2D eigenvalue weighted by molar-refractivity contribution is -0.146. The zero-order valence-corrected chi connectivity index (χ0v) is 26.1. The summed E-state index contributed by atoms with van der Waals surface area (Å²) in [5.41, 5.74) is 7.78. The van der Waals surface area contributed by atoms with Gasteiger partial charge in [0.2, 0.25) is 17.7 Å². The smallest absolute Gasteiger partial charge is 0.328 e. The largest absolute Gasteiger partial charge is 0.467 e. The van der Waals surface area contributed by atoms with Crippen LogP contribution >= 0.6 is 0 Å². The molecule has 0 saturated heterocycles. The molecule has 3 amide bonds. The van der Waals surface area contributed by atoms with Gasteiger partial charge in [-0.15, -0.1) is 0 Å². The van der Waals surface area contributed by atoms with E-state index in [0.29, 0.717) is 19.3 Å². The van der Waals surface area contributed by atoms with Crippen molar-refractivity contribution in [3.05, 3.63) is 47.5 Å². The number of esters is 1. The van der Waals surface area contributed by atoms with Crippen LogP contribution in [0.4, 0.5) is 0 Å². The molecule has 10 nitrogen and oxygen atoms in total. The monoisotopic (exact) mass is 586 g/mol. The highest BCUT2D eigenvalue weighted by Crippen LogP contribution is 2.33. The normalized spacial score (nSPS) is 21.8. The van der Waals surface area contributed by atoms with Crippen LogP contribution in [0, 0.1) is 23.7 Å². The minimum Gasteiger partial charge on any atom is -0.467 e. The van der Waals surface area contributed by atoms with Crippen LogP contribution in [0.5, 0.6) is 0 Å². The number of ether oxygens (including phenoxy) is 1. The van der Waals surface area contributed by atoms with Gasteiger partial charge in [-0.1, -0.05) is 69.7 Å². The maximum Gasteiger partial charge on any atom is 0.328 e. The molecule has 0 heterocycles. The summed E-state index contributed by atoms with van der Waals surface area (Å²) in [6, 6.07) is 7.20. The number of rotatable bonds is 13. The van der Waals surface area contributed by atoms with Crippen LogP contribution in [0.25, 0.3) is 0 Å². The lowest BCUT2D eigenvalue weighted by atomic mass is 9.84. The van der Waals surface area contributed by atoms with Crippen LogP contribution in [0.3, 0.4) is 0 Å². The van der Waals surface area contributed by atoms with E-state index in [0.717, 1.165) is 11.1 Å². The van der Waals surface area contributed by atoms with Gasteiger partial charge < -0.3 is 31.5 Å². The predicted molar refractivity (Wildman–Crippen MR) is 162 cm³/mol. The lowest BCUT2D eigenvalue weighted by Crippen LogP contribution is -2.55. The summed E-state index contributed by atoms with van der Waals surface area (Å²) in [5, 5.41) is 20.1. The Morgan fingerprint density at radius 2 is 1.55 bits per heavy atom. The fourth-order valence-electron chi connectivity index (χ4n) is 5.29. The maximum atomic E-state index is 13.3. The Bertz CT molecular complexity index is 1090. The van der Waals surface area contributed by atoms with E-state index in [4.69, 9.17) is 10.5 Å². The summed E-state index contributed by atoms with van der Waals surface area (Å²) >= 11 is 0. The Kier molecular flexibility index (Phi) is 13.7. The van der Waals surface area contributed by atoms with Gasteiger partial charge in [-0.05, 0) is 56.4 Å². The van der Waals surface area contributed by atoms with Crippen LogP contribution in [0.1, 0.15) is 66.4 Å². The number of methoxy groups -OCH3 is 1. The average Bonchev–Trinajstić information content (AvgIpc) is 3.08. The molecule has 1 aromatic carbocycles. The van der Waals surface area contributed by atoms with Crippen molar-refractivity contribution < 1.29 is 29.0 Å². The highest BCUT2D eigenvalue weighted by molar-refractivity contribution is 5.91. The topological polar surface area (TPSA) is 160 Å². The molecule has 3 unspecified atom stereocenters. The Balaban J connectivity index is 2.21. The third-order valence-corrected chi connectivity index (χ3v) is 7.93.